The predicted molar refractivity (Wildman–Crippen MR) is 127 cm³/mol. The summed E-state index contributed by atoms with van der Waals surface area (Å²) >= 11 is 2.41. The average Bonchev–Trinajstić information content (AvgIpc) is 2.88. The van der Waals surface area contributed by atoms with Crippen LogP contribution in [0.5, 0.6) is 5.75 Å². The second-order valence-corrected chi connectivity index (χ2v) is 9.64. The Balaban J connectivity index is 2.00. The smallest absolute Gasteiger partial charge is 0.405 e. The van der Waals surface area contributed by atoms with Gasteiger partial charge in [-0.1, -0.05) is 22.0 Å². The average molecular weight is 733 g/mol. The molecule has 0 radical (unpaired) electrons. The van der Waals surface area contributed by atoms with Crippen LogP contribution < -0.4 is 10.1 Å². The van der Waals surface area contributed by atoms with Crippen LogP contribution in [-0.4, -0.2) is 35.4 Å². The molecule has 1 amide bonds. The molecule has 3 rings (SSSR count). The van der Waals surface area contributed by atoms with Crippen molar-refractivity contribution in [3.8, 4) is 5.75 Å². The van der Waals surface area contributed by atoms with Crippen molar-refractivity contribution in [1.82, 2.24) is 4.98 Å². The van der Waals surface area contributed by atoms with Gasteiger partial charge in [0.1, 0.15) is 11.4 Å². The van der Waals surface area contributed by atoms with Crippen LogP contribution in [0.15, 0.2) is 53.1 Å². The zero-order chi connectivity index (χ0) is 34.3. The fraction of sp³-hybridized carbons (Fsp3) is 0.240. The molecule has 0 atom stereocenters. The van der Waals surface area contributed by atoms with Crippen LogP contribution in [0.4, 0.5) is 67.2 Å². The standard InChI is InChI=1S/C25H11BrF14N2O3/c26-14-6-11(21(28,23(32,33)34)24(35,36)37)7-17(45-25(38,39)40)13(14)8-16(43)12-2-1-3-15(19(12)27)42-20(44)10-4-5-18(41-9-10)22(29,30)31/h1-7,9H,8H2,(H,42,44). The summed E-state index contributed by atoms with van der Waals surface area (Å²) in [6.07, 6.45) is -25.0. The molecule has 20 heteroatoms. The Morgan fingerprint density at radius 2 is 1.44 bits per heavy atom. The highest BCUT2D eigenvalue weighted by molar-refractivity contribution is 9.10. The van der Waals surface area contributed by atoms with Crippen molar-refractivity contribution < 1.29 is 75.8 Å². The number of hydrogen-bond donors (Lipinski definition) is 1. The molecule has 244 valence electrons. The highest BCUT2D eigenvalue weighted by Crippen LogP contribution is 2.54. The first-order valence-corrected chi connectivity index (χ1v) is 12.2. The highest BCUT2D eigenvalue weighted by atomic mass is 79.9. The fourth-order valence-corrected chi connectivity index (χ4v) is 4.26. The molecule has 0 aliphatic carbocycles. The number of ketones is 1. The Kier molecular flexibility index (Phi) is 9.54. The lowest BCUT2D eigenvalue weighted by Gasteiger charge is -2.31. The number of Topliss-reactive ketones (excluding diaryl/α,β-unsaturated/α-hetero) is 1. The molecular weight excluding hydrogens is 722 g/mol. The van der Waals surface area contributed by atoms with Crippen molar-refractivity contribution in [3.05, 3.63) is 86.9 Å². The maximum Gasteiger partial charge on any atom is 0.573 e. The molecule has 0 bridgehead atoms. The van der Waals surface area contributed by atoms with Gasteiger partial charge in [-0.2, -0.15) is 39.5 Å². The molecule has 0 saturated heterocycles. The summed E-state index contributed by atoms with van der Waals surface area (Å²) in [6.45, 7) is 0. The van der Waals surface area contributed by atoms with Gasteiger partial charge < -0.3 is 10.1 Å². The van der Waals surface area contributed by atoms with E-state index in [0.717, 1.165) is 18.2 Å². The molecule has 45 heavy (non-hydrogen) atoms. The molecule has 3 aromatic rings. The number of amides is 1. The summed E-state index contributed by atoms with van der Waals surface area (Å²) in [5.41, 5.74) is -13.3. The van der Waals surface area contributed by atoms with Gasteiger partial charge >= 0.3 is 30.6 Å². The second kappa shape index (κ2) is 12.1. The summed E-state index contributed by atoms with van der Waals surface area (Å²) in [5.74, 6) is -6.09. The molecular formula is C25H11BrF14N2O3. The Bertz CT molecular complexity index is 1580. The van der Waals surface area contributed by atoms with E-state index in [1.807, 2.05) is 5.32 Å². The Hall–Kier alpha value is -3.97. The van der Waals surface area contributed by atoms with Crippen LogP contribution in [0.1, 0.15) is 37.5 Å². The molecule has 0 unspecified atom stereocenters. The summed E-state index contributed by atoms with van der Waals surface area (Å²) in [4.78, 5) is 28.3. The zero-order valence-electron chi connectivity index (χ0n) is 21.2. The predicted octanol–water partition coefficient (Wildman–Crippen LogP) is 8.87. The van der Waals surface area contributed by atoms with Gasteiger partial charge in [0, 0.05) is 28.2 Å². The number of aromatic nitrogens is 1. The van der Waals surface area contributed by atoms with E-state index in [1.54, 1.807) is 0 Å². The fourth-order valence-electron chi connectivity index (χ4n) is 3.68. The van der Waals surface area contributed by atoms with Crippen LogP contribution in [0.25, 0.3) is 0 Å². The van der Waals surface area contributed by atoms with E-state index in [1.165, 1.54) is 0 Å². The summed E-state index contributed by atoms with van der Waals surface area (Å²) < 4.78 is 189. The quantitative estimate of drug-likeness (QED) is 0.195. The lowest BCUT2D eigenvalue weighted by molar-refractivity contribution is -0.348. The van der Waals surface area contributed by atoms with Crippen molar-refractivity contribution in [3.63, 3.8) is 0 Å². The molecule has 1 aromatic heterocycles. The third-order valence-corrected chi connectivity index (χ3v) is 6.47. The topological polar surface area (TPSA) is 68.3 Å². The zero-order valence-corrected chi connectivity index (χ0v) is 22.8. The summed E-state index contributed by atoms with van der Waals surface area (Å²) in [7, 11) is 0. The number of carbonyl (C=O) groups excluding carboxylic acids is 2. The highest BCUT2D eigenvalue weighted by Gasteiger charge is 2.73. The van der Waals surface area contributed by atoms with Gasteiger partial charge in [0.05, 0.1) is 16.8 Å². The number of rotatable bonds is 7. The minimum absolute atomic E-state index is 0.183. The SMILES string of the molecule is O=C(Nc1cccc(C(=O)Cc2c(Br)cc(C(F)(C(F)(F)F)C(F)(F)F)cc2OC(F)(F)F)c1F)c1ccc(C(F)(F)F)nc1. The van der Waals surface area contributed by atoms with Crippen LogP contribution in [-0.2, 0) is 18.3 Å². The maximum absolute atomic E-state index is 15.2. The van der Waals surface area contributed by atoms with Crippen molar-refractivity contribution in [2.45, 2.75) is 37.0 Å². The number of alkyl halides is 13. The van der Waals surface area contributed by atoms with Crippen molar-refractivity contribution >= 4 is 33.3 Å². The number of nitrogens with zero attached hydrogens (tertiary/aromatic N) is 1. The molecule has 0 spiro atoms. The largest absolute Gasteiger partial charge is 0.573 e. The second-order valence-electron chi connectivity index (χ2n) is 8.79. The van der Waals surface area contributed by atoms with Crippen molar-refractivity contribution in [1.29, 1.82) is 0 Å². The lowest BCUT2D eigenvalue weighted by Crippen LogP contribution is -2.50. The molecule has 1 heterocycles. The maximum atomic E-state index is 15.2. The van der Waals surface area contributed by atoms with Gasteiger partial charge in [-0.3, -0.25) is 14.6 Å². The minimum Gasteiger partial charge on any atom is -0.405 e. The molecule has 5 nitrogen and oxygen atoms in total. The van der Waals surface area contributed by atoms with E-state index >= 15 is 4.39 Å². The number of anilines is 1. The Morgan fingerprint density at radius 1 is 0.844 bits per heavy atom. The van der Waals surface area contributed by atoms with E-state index < -0.39 is 104 Å². The van der Waals surface area contributed by atoms with E-state index in [4.69, 9.17) is 0 Å². The lowest BCUT2D eigenvalue weighted by atomic mass is 9.91. The van der Waals surface area contributed by atoms with Crippen LogP contribution in [0, 0.1) is 5.82 Å². The van der Waals surface area contributed by atoms with Gasteiger partial charge in [0.2, 0.25) is 0 Å². The van der Waals surface area contributed by atoms with Gasteiger partial charge in [0.15, 0.2) is 11.6 Å². The van der Waals surface area contributed by atoms with Crippen LogP contribution >= 0.6 is 15.9 Å². The van der Waals surface area contributed by atoms with Crippen LogP contribution in [0.3, 0.4) is 0 Å². The Labute approximate surface area is 249 Å². The van der Waals surface area contributed by atoms with E-state index in [-0.39, 0.29) is 6.07 Å². The third-order valence-electron chi connectivity index (χ3n) is 5.76. The first-order chi connectivity index (χ1) is 20.4. The first kappa shape index (κ1) is 35.5. The van der Waals surface area contributed by atoms with E-state index in [9.17, 15) is 66.7 Å². The summed E-state index contributed by atoms with van der Waals surface area (Å²) in [6, 6.07) is 2.91. The number of ether oxygens (including phenoxy) is 1. The van der Waals surface area contributed by atoms with Crippen LogP contribution in [0.2, 0.25) is 0 Å². The number of nitrogens with one attached hydrogen (secondary N) is 1. The molecule has 2 aromatic carbocycles. The molecule has 0 fully saturated rings. The number of pyridine rings is 1. The molecule has 0 aliphatic rings. The van der Waals surface area contributed by atoms with Gasteiger partial charge in [-0.05, 0) is 36.4 Å². The van der Waals surface area contributed by atoms with Gasteiger partial charge in [-0.15, -0.1) is 13.2 Å². The number of halogens is 15. The molecule has 0 aliphatic heterocycles. The first-order valence-electron chi connectivity index (χ1n) is 11.4. The number of benzene rings is 2. The summed E-state index contributed by atoms with van der Waals surface area (Å²) in [5, 5.41) is 1.93. The van der Waals surface area contributed by atoms with Crippen molar-refractivity contribution in [2.75, 3.05) is 5.32 Å². The monoisotopic (exact) mass is 732 g/mol. The minimum atomic E-state index is -6.72. The van der Waals surface area contributed by atoms with Gasteiger partial charge in [0.25, 0.3) is 5.91 Å². The Morgan fingerprint density at radius 3 is 1.93 bits per heavy atom. The molecule has 0 saturated carbocycles. The normalized spacial score (nSPS) is 13.0. The van der Waals surface area contributed by atoms with E-state index in [0.29, 0.717) is 18.3 Å². The number of carbonyl (C=O) groups is 2. The van der Waals surface area contributed by atoms with Crippen molar-refractivity contribution in [2.24, 2.45) is 0 Å². The third kappa shape index (κ3) is 7.64. The molecule has 1 N–H and O–H groups in total. The van der Waals surface area contributed by atoms with Gasteiger partial charge in [-0.25, -0.2) is 8.78 Å². The van der Waals surface area contributed by atoms with E-state index in [2.05, 4.69) is 25.7 Å². The number of hydrogen-bond acceptors (Lipinski definition) is 4.